The normalized spacial score (nSPS) is 11.5. The predicted octanol–water partition coefficient (Wildman–Crippen LogP) is 4.89. The van der Waals surface area contributed by atoms with Gasteiger partial charge < -0.3 is 15.0 Å². The van der Waals surface area contributed by atoms with Gasteiger partial charge >= 0.3 is 0 Å². The topological polar surface area (TPSA) is 58.6 Å². The van der Waals surface area contributed by atoms with Crippen LogP contribution in [0.15, 0.2) is 84.9 Å². The monoisotopic (exact) mass is 464 g/mol. The summed E-state index contributed by atoms with van der Waals surface area (Å²) < 4.78 is 5.72. The van der Waals surface area contributed by atoms with E-state index < -0.39 is 6.04 Å². The van der Waals surface area contributed by atoms with Crippen LogP contribution in [0.5, 0.6) is 5.75 Å². The molecular formula is C27H29ClN2O3. The molecule has 33 heavy (non-hydrogen) atoms. The number of nitrogens with zero attached hydrogens (tertiary/aromatic N) is 1. The van der Waals surface area contributed by atoms with Gasteiger partial charge in [0.2, 0.25) is 5.91 Å². The van der Waals surface area contributed by atoms with Crippen LogP contribution in [0.25, 0.3) is 0 Å². The quantitative estimate of drug-likeness (QED) is 0.439. The smallest absolute Gasteiger partial charge is 0.261 e. The van der Waals surface area contributed by atoms with Crippen LogP contribution in [0.4, 0.5) is 0 Å². The summed E-state index contributed by atoms with van der Waals surface area (Å²) in [5.74, 6) is 0.163. The van der Waals surface area contributed by atoms with E-state index in [1.54, 1.807) is 29.2 Å². The Bertz CT molecular complexity index is 1010. The van der Waals surface area contributed by atoms with Gasteiger partial charge in [0, 0.05) is 24.5 Å². The molecule has 5 nitrogen and oxygen atoms in total. The van der Waals surface area contributed by atoms with Crippen LogP contribution < -0.4 is 10.1 Å². The Morgan fingerprint density at radius 1 is 0.909 bits per heavy atom. The van der Waals surface area contributed by atoms with Gasteiger partial charge in [-0.2, -0.15) is 0 Å². The molecule has 0 aliphatic carbocycles. The lowest BCUT2D eigenvalue weighted by atomic mass is 10.0. The van der Waals surface area contributed by atoms with Crippen molar-refractivity contribution in [1.29, 1.82) is 0 Å². The summed E-state index contributed by atoms with van der Waals surface area (Å²) in [6.45, 7) is 2.65. The molecule has 1 atom stereocenters. The fraction of sp³-hybridized carbons (Fsp3) is 0.259. The molecular weight excluding hydrogens is 436 g/mol. The summed E-state index contributed by atoms with van der Waals surface area (Å²) in [6, 6.07) is 25.5. The Morgan fingerprint density at radius 2 is 1.55 bits per heavy atom. The average molecular weight is 465 g/mol. The minimum atomic E-state index is -0.679. The van der Waals surface area contributed by atoms with Crippen molar-refractivity contribution in [2.45, 2.75) is 32.4 Å². The number of carbonyl (C=O) groups is 2. The number of benzene rings is 3. The van der Waals surface area contributed by atoms with Crippen LogP contribution in [0.3, 0.4) is 0 Å². The van der Waals surface area contributed by atoms with Gasteiger partial charge in [-0.3, -0.25) is 9.59 Å². The number of amides is 2. The first-order valence-electron chi connectivity index (χ1n) is 11.1. The van der Waals surface area contributed by atoms with Crippen molar-refractivity contribution in [3.63, 3.8) is 0 Å². The van der Waals surface area contributed by atoms with Crippen molar-refractivity contribution in [2.75, 3.05) is 13.2 Å². The first-order valence-corrected chi connectivity index (χ1v) is 11.5. The number of carbonyl (C=O) groups excluding carboxylic acids is 2. The Labute approximate surface area is 200 Å². The van der Waals surface area contributed by atoms with Crippen LogP contribution >= 0.6 is 11.6 Å². The number of rotatable bonds is 11. The van der Waals surface area contributed by atoms with E-state index in [1.165, 1.54) is 0 Å². The predicted molar refractivity (Wildman–Crippen MR) is 131 cm³/mol. The van der Waals surface area contributed by atoms with Crippen molar-refractivity contribution in [3.8, 4) is 5.75 Å². The fourth-order valence-electron chi connectivity index (χ4n) is 3.45. The highest BCUT2D eigenvalue weighted by atomic mass is 35.5. The second-order valence-electron chi connectivity index (χ2n) is 7.75. The van der Waals surface area contributed by atoms with Crippen LogP contribution in [0, 0.1) is 0 Å². The van der Waals surface area contributed by atoms with E-state index in [0.717, 1.165) is 17.5 Å². The molecule has 3 aromatic rings. The van der Waals surface area contributed by atoms with Crippen LogP contribution in [-0.2, 0) is 22.6 Å². The summed E-state index contributed by atoms with van der Waals surface area (Å²) in [7, 11) is 0. The van der Waals surface area contributed by atoms with Crippen molar-refractivity contribution in [3.05, 3.63) is 101 Å². The average Bonchev–Trinajstić information content (AvgIpc) is 2.85. The van der Waals surface area contributed by atoms with Gasteiger partial charge in [0.1, 0.15) is 11.8 Å². The minimum absolute atomic E-state index is 0.163. The maximum atomic E-state index is 13.4. The number of para-hydroxylation sites is 1. The van der Waals surface area contributed by atoms with E-state index in [1.807, 2.05) is 67.6 Å². The zero-order chi connectivity index (χ0) is 23.5. The molecule has 0 aliphatic rings. The van der Waals surface area contributed by atoms with Crippen molar-refractivity contribution in [2.24, 2.45) is 0 Å². The third-order valence-electron chi connectivity index (χ3n) is 5.19. The lowest BCUT2D eigenvalue weighted by Crippen LogP contribution is -2.51. The summed E-state index contributed by atoms with van der Waals surface area (Å²) in [4.78, 5) is 28.2. The maximum Gasteiger partial charge on any atom is 0.261 e. The third kappa shape index (κ3) is 7.65. The number of halogens is 1. The minimum Gasteiger partial charge on any atom is -0.484 e. The number of nitrogens with one attached hydrogen (secondary N) is 1. The Balaban J connectivity index is 1.87. The van der Waals surface area contributed by atoms with Gasteiger partial charge in [-0.1, -0.05) is 79.2 Å². The van der Waals surface area contributed by atoms with Gasteiger partial charge in [0.25, 0.3) is 5.91 Å². The van der Waals surface area contributed by atoms with E-state index >= 15 is 0 Å². The molecule has 2 amide bonds. The summed E-state index contributed by atoms with van der Waals surface area (Å²) >= 11 is 6.04. The Hall–Kier alpha value is -3.31. The molecule has 0 aromatic heterocycles. The maximum absolute atomic E-state index is 13.4. The standard InChI is InChI=1S/C27H29ClN2O3/c1-2-17-29-27(32)25(18-21-9-5-3-6-10-21)30(19-22-13-15-23(28)16-14-22)26(31)20-33-24-11-7-4-8-12-24/h3-16,25H,2,17-20H2,1H3,(H,29,32)/t25-/m1/s1. The number of hydrogen-bond donors (Lipinski definition) is 1. The Kier molecular flexibility index (Phi) is 9.33. The van der Waals surface area contributed by atoms with Crippen molar-refractivity contribution < 1.29 is 14.3 Å². The molecule has 0 unspecified atom stereocenters. The second kappa shape index (κ2) is 12.7. The van der Waals surface area contributed by atoms with Crippen LogP contribution in [-0.4, -0.2) is 35.9 Å². The van der Waals surface area contributed by atoms with E-state index in [-0.39, 0.29) is 25.0 Å². The molecule has 3 rings (SSSR count). The Morgan fingerprint density at radius 3 is 2.18 bits per heavy atom. The first kappa shape index (κ1) is 24.3. The third-order valence-corrected chi connectivity index (χ3v) is 5.44. The lowest BCUT2D eigenvalue weighted by Gasteiger charge is -2.31. The molecule has 0 saturated heterocycles. The first-order chi connectivity index (χ1) is 16.1. The SMILES string of the molecule is CCCNC(=O)[C@@H](Cc1ccccc1)N(Cc1ccc(Cl)cc1)C(=O)COc1ccccc1. The molecule has 0 bridgehead atoms. The largest absolute Gasteiger partial charge is 0.484 e. The lowest BCUT2D eigenvalue weighted by molar-refractivity contribution is -0.142. The molecule has 0 saturated carbocycles. The van der Waals surface area contributed by atoms with Gasteiger partial charge in [0.15, 0.2) is 6.61 Å². The second-order valence-corrected chi connectivity index (χ2v) is 8.18. The highest BCUT2D eigenvalue weighted by Crippen LogP contribution is 2.17. The zero-order valence-electron chi connectivity index (χ0n) is 18.7. The van der Waals surface area contributed by atoms with Gasteiger partial charge in [-0.25, -0.2) is 0 Å². The van der Waals surface area contributed by atoms with E-state index in [9.17, 15) is 9.59 Å². The highest BCUT2D eigenvalue weighted by molar-refractivity contribution is 6.30. The molecule has 0 aliphatic heterocycles. The molecule has 0 fully saturated rings. The zero-order valence-corrected chi connectivity index (χ0v) is 19.5. The summed E-state index contributed by atoms with van der Waals surface area (Å²) in [5, 5.41) is 3.58. The van der Waals surface area contributed by atoms with Crippen LogP contribution in [0.2, 0.25) is 5.02 Å². The highest BCUT2D eigenvalue weighted by Gasteiger charge is 2.30. The van der Waals surface area contributed by atoms with Crippen LogP contribution in [0.1, 0.15) is 24.5 Å². The molecule has 0 heterocycles. The number of ether oxygens (including phenoxy) is 1. The van der Waals surface area contributed by atoms with Gasteiger partial charge in [0.05, 0.1) is 0 Å². The summed E-state index contributed by atoms with van der Waals surface area (Å²) in [5.41, 5.74) is 1.86. The molecule has 1 N–H and O–H groups in total. The molecule has 3 aromatic carbocycles. The van der Waals surface area contributed by atoms with E-state index in [4.69, 9.17) is 16.3 Å². The molecule has 0 radical (unpaired) electrons. The van der Waals surface area contributed by atoms with E-state index in [2.05, 4.69) is 5.32 Å². The van der Waals surface area contributed by atoms with Crippen molar-refractivity contribution >= 4 is 23.4 Å². The van der Waals surface area contributed by atoms with Gasteiger partial charge in [-0.05, 0) is 41.8 Å². The molecule has 0 spiro atoms. The number of hydrogen-bond acceptors (Lipinski definition) is 3. The van der Waals surface area contributed by atoms with Crippen molar-refractivity contribution in [1.82, 2.24) is 10.2 Å². The molecule has 6 heteroatoms. The van der Waals surface area contributed by atoms with E-state index in [0.29, 0.717) is 23.7 Å². The molecule has 172 valence electrons. The summed E-state index contributed by atoms with van der Waals surface area (Å²) in [6.07, 6.45) is 1.22. The fourth-order valence-corrected chi connectivity index (χ4v) is 3.58. The van der Waals surface area contributed by atoms with Gasteiger partial charge in [-0.15, -0.1) is 0 Å².